The highest BCUT2D eigenvalue weighted by molar-refractivity contribution is 4.80. The third-order valence-corrected chi connectivity index (χ3v) is 4.74. The molecule has 2 atom stereocenters. The van der Waals surface area contributed by atoms with Gasteiger partial charge in [0.15, 0.2) is 0 Å². The summed E-state index contributed by atoms with van der Waals surface area (Å²) in [5.74, 6) is 0.889. The molecule has 0 aromatic heterocycles. The zero-order chi connectivity index (χ0) is 12.8. The molecule has 2 fully saturated rings. The number of rotatable bonds is 4. The van der Waals surface area contributed by atoms with Crippen LogP contribution in [0.15, 0.2) is 0 Å². The summed E-state index contributed by atoms with van der Waals surface area (Å²) in [5.41, 5.74) is 0. The summed E-state index contributed by atoms with van der Waals surface area (Å²) in [6.45, 7) is 9.93. The van der Waals surface area contributed by atoms with Crippen molar-refractivity contribution in [1.82, 2.24) is 15.1 Å². The molecule has 3 nitrogen and oxygen atoms in total. The molecule has 2 rings (SSSR count). The molecule has 2 aliphatic heterocycles. The number of nitrogens with one attached hydrogen (secondary N) is 1. The highest BCUT2D eigenvalue weighted by Crippen LogP contribution is 2.19. The van der Waals surface area contributed by atoms with Gasteiger partial charge in [0.05, 0.1) is 0 Å². The van der Waals surface area contributed by atoms with Gasteiger partial charge in [0.2, 0.25) is 0 Å². The Morgan fingerprint density at radius 1 is 1.17 bits per heavy atom. The van der Waals surface area contributed by atoms with Crippen molar-refractivity contribution in [3.05, 3.63) is 0 Å². The van der Waals surface area contributed by atoms with Crippen LogP contribution in [-0.4, -0.2) is 62.2 Å². The molecule has 0 spiro atoms. The molecule has 0 bridgehead atoms. The summed E-state index contributed by atoms with van der Waals surface area (Å²) in [6.07, 6.45) is 6.94. The van der Waals surface area contributed by atoms with Crippen molar-refractivity contribution in [3.63, 3.8) is 0 Å². The van der Waals surface area contributed by atoms with Crippen LogP contribution in [-0.2, 0) is 0 Å². The van der Waals surface area contributed by atoms with Crippen LogP contribution in [0.1, 0.15) is 39.0 Å². The highest BCUT2D eigenvalue weighted by atomic mass is 15.2. The third kappa shape index (κ3) is 4.22. The van der Waals surface area contributed by atoms with E-state index in [2.05, 4.69) is 29.1 Å². The molecule has 2 saturated heterocycles. The van der Waals surface area contributed by atoms with Crippen LogP contribution in [0.25, 0.3) is 0 Å². The monoisotopic (exact) mass is 253 g/mol. The van der Waals surface area contributed by atoms with Gasteiger partial charge in [-0.2, -0.15) is 0 Å². The molecular formula is C15H31N3. The first-order chi connectivity index (χ1) is 8.79. The van der Waals surface area contributed by atoms with E-state index in [4.69, 9.17) is 0 Å². The number of nitrogens with zero attached hydrogens (tertiary/aromatic N) is 2. The van der Waals surface area contributed by atoms with Crippen LogP contribution < -0.4 is 5.32 Å². The molecule has 2 aliphatic rings. The lowest BCUT2D eigenvalue weighted by atomic mass is 9.97. The Labute approximate surface area is 113 Å². The van der Waals surface area contributed by atoms with Crippen molar-refractivity contribution in [1.29, 1.82) is 0 Å². The van der Waals surface area contributed by atoms with Crippen LogP contribution >= 0.6 is 0 Å². The first-order valence-corrected chi connectivity index (χ1v) is 7.93. The second kappa shape index (κ2) is 7.46. The molecule has 3 heteroatoms. The highest BCUT2D eigenvalue weighted by Gasteiger charge is 2.23. The van der Waals surface area contributed by atoms with Crippen molar-refractivity contribution in [2.75, 3.05) is 46.3 Å². The van der Waals surface area contributed by atoms with Crippen LogP contribution in [0.2, 0.25) is 0 Å². The fourth-order valence-electron chi connectivity index (χ4n) is 3.54. The van der Waals surface area contributed by atoms with E-state index in [0.717, 1.165) is 12.0 Å². The Hall–Kier alpha value is -0.120. The quantitative estimate of drug-likeness (QED) is 0.824. The Morgan fingerprint density at radius 2 is 2.06 bits per heavy atom. The van der Waals surface area contributed by atoms with E-state index in [-0.39, 0.29) is 0 Å². The zero-order valence-corrected chi connectivity index (χ0v) is 12.3. The van der Waals surface area contributed by atoms with Crippen molar-refractivity contribution in [3.8, 4) is 0 Å². The fraction of sp³-hybridized carbons (Fsp3) is 1.00. The molecule has 0 aliphatic carbocycles. The van der Waals surface area contributed by atoms with E-state index in [1.807, 2.05) is 0 Å². The summed E-state index contributed by atoms with van der Waals surface area (Å²) in [4.78, 5) is 5.26. The SMILES string of the molecule is CCN(CC1CCCNC1)C1CCCN(C)CC1. The average molecular weight is 253 g/mol. The van der Waals surface area contributed by atoms with Gasteiger partial charge in [0.1, 0.15) is 0 Å². The Bertz CT molecular complexity index is 226. The smallest absolute Gasteiger partial charge is 0.0108 e. The minimum absolute atomic E-state index is 0.835. The average Bonchev–Trinajstić information content (AvgIpc) is 2.62. The van der Waals surface area contributed by atoms with Gasteiger partial charge in [-0.25, -0.2) is 0 Å². The lowest BCUT2D eigenvalue weighted by Gasteiger charge is -2.34. The third-order valence-electron chi connectivity index (χ3n) is 4.74. The first-order valence-electron chi connectivity index (χ1n) is 7.93. The molecular weight excluding hydrogens is 222 g/mol. The predicted octanol–water partition coefficient (Wildman–Crippen LogP) is 1.79. The standard InChI is InChI=1S/C15H31N3/c1-3-18(13-14-6-4-9-16-12-14)15-7-5-10-17(2)11-8-15/h14-16H,3-13H2,1-2H3. The lowest BCUT2D eigenvalue weighted by molar-refractivity contribution is 0.148. The number of likely N-dealkylation sites (tertiary alicyclic amines) is 1. The minimum Gasteiger partial charge on any atom is -0.316 e. The number of piperidine rings is 1. The van der Waals surface area contributed by atoms with Crippen LogP contribution in [0, 0.1) is 5.92 Å². The zero-order valence-electron chi connectivity index (χ0n) is 12.3. The normalized spacial score (nSPS) is 31.5. The summed E-state index contributed by atoms with van der Waals surface area (Å²) < 4.78 is 0. The summed E-state index contributed by atoms with van der Waals surface area (Å²) in [5, 5.41) is 3.55. The van der Waals surface area contributed by atoms with Gasteiger partial charge < -0.3 is 15.1 Å². The van der Waals surface area contributed by atoms with E-state index >= 15 is 0 Å². The van der Waals surface area contributed by atoms with Crippen molar-refractivity contribution in [2.45, 2.75) is 45.1 Å². The van der Waals surface area contributed by atoms with E-state index in [0.29, 0.717) is 0 Å². The summed E-state index contributed by atoms with van der Waals surface area (Å²) >= 11 is 0. The number of hydrogen-bond acceptors (Lipinski definition) is 3. The van der Waals surface area contributed by atoms with Gasteiger partial charge in [-0.1, -0.05) is 6.92 Å². The Morgan fingerprint density at radius 3 is 2.78 bits per heavy atom. The van der Waals surface area contributed by atoms with Gasteiger partial charge in [0.25, 0.3) is 0 Å². The van der Waals surface area contributed by atoms with Crippen LogP contribution in [0.3, 0.4) is 0 Å². The largest absolute Gasteiger partial charge is 0.316 e. The Balaban J connectivity index is 1.82. The summed E-state index contributed by atoms with van der Waals surface area (Å²) in [7, 11) is 2.27. The van der Waals surface area contributed by atoms with Gasteiger partial charge in [-0.3, -0.25) is 0 Å². The fourth-order valence-corrected chi connectivity index (χ4v) is 3.54. The summed E-state index contributed by atoms with van der Waals surface area (Å²) in [6, 6.07) is 0.835. The maximum Gasteiger partial charge on any atom is 0.0108 e. The molecule has 106 valence electrons. The van der Waals surface area contributed by atoms with E-state index in [9.17, 15) is 0 Å². The lowest BCUT2D eigenvalue weighted by Crippen LogP contribution is -2.43. The van der Waals surface area contributed by atoms with Gasteiger partial charge in [-0.05, 0) is 77.8 Å². The van der Waals surface area contributed by atoms with E-state index in [1.54, 1.807) is 0 Å². The topological polar surface area (TPSA) is 18.5 Å². The van der Waals surface area contributed by atoms with Gasteiger partial charge >= 0.3 is 0 Å². The molecule has 2 heterocycles. The van der Waals surface area contributed by atoms with Crippen molar-refractivity contribution < 1.29 is 0 Å². The molecule has 18 heavy (non-hydrogen) atoms. The minimum atomic E-state index is 0.835. The van der Waals surface area contributed by atoms with Crippen LogP contribution in [0.5, 0.6) is 0 Å². The number of hydrogen-bond donors (Lipinski definition) is 1. The van der Waals surface area contributed by atoms with Gasteiger partial charge in [0, 0.05) is 12.6 Å². The maximum absolute atomic E-state index is 3.55. The second-order valence-electron chi connectivity index (χ2n) is 6.19. The molecule has 2 unspecified atom stereocenters. The van der Waals surface area contributed by atoms with Crippen molar-refractivity contribution >= 4 is 0 Å². The molecule has 0 aromatic carbocycles. The molecule has 0 aromatic rings. The van der Waals surface area contributed by atoms with Crippen molar-refractivity contribution in [2.24, 2.45) is 5.92 Å². The Kier molecular flexibility index (Phi) is 5.93. The second-order valence-corrected chi connectivity index (χ2v) is 6.19. The van der Waals surface area contributed by atoms with E-state index in [1.165, 1.54) is 71.4 Å². The predicted molar refractivity (Wildman–Crippen MR) is 78.0 cm³/mol. The maximum atomic E-state index is 3.55. The molecule has 0 amide bonds. The molecule has 0 saturated carbocycles. The van der Waals surface area contributed by atoms with Crippen LogP contribution in [0.4, 0.5) is 0 Å². The van der Waals surface area contributed by atoms with E-state index < -0.39 is 0 Å². The molecule has 0 radical (unpaired) electrons. The molecule has 1 N–H and O–H groups in total. The van der Waals surface area contributed by atoms with Gasteiger partial charge in [-0.15, -0.1) is 0 Å². The first kappa shape index (κ1) is 14.3.